The number of rotatable bonds is 5. The fourth-order valence-electron chi connectivity index (χ4n) is 3.06. The highest BCUT2D eigenvalue weighted by Gasteiger charge is 2.16. The average molecular weight is 399 g/mol. The second-order valence-corrected chi connectivity index (χ2v) is 7.41. The maximum absolute atomic E-state index is 12.5. The molecule has 0 saturated carbocycles. The summed E-state index contributed by atoms with van der Waals surface area (Å²) in [6.07, 6.45) is 0.263. The van der Waals surface area contributed by atoms with Crippen molar-refractivity contribution in [1.82, 2.24) is 19.9 Å². The molecule has 3 heterocycles. The molecular formula is C18H21N7O2S. The second-order valence-electron chi connectivity index (χ2n) is 6.46. The van der Waals surface area contributed by atoms with Gasteiger partial charge in [0.1, 0.15) is 10.8 Å². The summed E-state index contributed by atoms with van der Waals surface area (Å²) in [5.74, 6) is 0.548. The normalized spacial score (nSPS) is 14.4. The molecule has 0 spiro atoms. The van der Waals surface area contributed by atoms with Gasteiger partial charge in [-0.15, -0.1) is 0 Å². The van der Waals surface area contributed by atoms with Crippen molar-refractivity contribution in [3.8, 4) is 10.6 Å². The summed E-state index contributed by atoms with van der Waals surface area (Å²) in [7, 11) is 0. The summed E-state index contributed by atoms with van der Waals surface area (Å²) in [5.41, 5.74) is 6.68. The zero-order valence-corrected chi connectivity index (χ0v) is 16.0. The third kappa shape index (κ3) is 3.88. The van der Waals surface area contributed by atoms with Gasteiger partial charge in [-0.2, -0.15) is 9.61 Å². The van der Waals surface area contributed by atoms with Crippen molar-refractivity contribution in [2.45, 2.75) is 6.42 Å². The Morgan fingerprint density at radius 2 is 2.11 bits per heavy atom. The number of amides is 1. The van der Waals surface area contributed by atoms with Crippen molar-refractivity contribution in [3.63, 3.8) is 0 Å². The minimum Gasteiger partial charge on any atom is -0.354 e. The molecule has 0 unspecified atom stereocenters. The number of nitrogens with two attached hydrogens (primary N) is 1. The van der Waals surface area contributed by atoms with E-state index in [4.69, 9.17) is 5.73 Å². The predicted molar refractivity (Wildman–Crippen MR) is 110 cm³/mol. The number of carbonyl (C=O) groups excluding carboxylic acids is 1. The van der Waals surface area contributed by atoms with Gasteiger partial charge in [0, 0.05) is 56.5 Å². The van der Waals surface area contributed by atoms with E-state index in [0.29, 0.717) is 28.0 Å². The summed E-state index contributed by atoms with van der Waals surface area (Å²) in [4.78, 5) is 31.6. The molecule has 28 heavy (non-hydrogen) atoms. The molecular weight excluding hydrogens is 378 g/mol. The van der Waals surface area contributed by atoms with Gasteiger partial charge in [-0.05, 0) is 12.1 Å². The Kier molecular flexibility index (Phi) is 5.33. The highest BCUT2D eigenvalue weighted by molar-refractivity contribution is 7.19. The molecule has 1 fully saturated rings. The summed E-state index contributed by atoms with van der Waals surface area (Å²) in [6, 6.07) is 8.89. The van der Waals surface area contributed by atoms with E-state index in [-0.39, 0.29) is 17.9 Å². The van der Waals surface area contributed by atoms with Crippen molar-refractivity contribution in [2.75, 3.05) is 42.9 Å². The third-order valence-electron chi connectivity index (χ3n) is 4.44. The number of aromatic nitrogens is 3. The lowest BCUT2D eigenvalue weighted by Crippen LogP contribution is -2.44. The van der Waals surface area contributed by atoms with Crippen LogP contribution in [0.3, 0.4) is 0 Å². The van der Waals surface area contributed by atoms with E-state index in [1.54, 1.807) is 6.07 Å². The number of hydrogen-bond acceptors (Lipinski definition) is 8. The molecule has 1 saturated heterocycles. The van der Waals surface area contributed by atoms with Crippen LogP contribution in [-0.2, 0) is 4.79 Å². The minimum atomic E-state index is -0.201. The van der Waals surface area contributed by atoms with Crippen molar-refractivity contribution in [1.29, 1.82) is 0 Å². The van der Waals surface area contributed by atoms with E-state index in [1.807, 2.05) is 18.2 Å². The maximum atomic E-state index is 12.5. The van der Waals surface area contributed by atoms with Gasteiger partial charge in [0.05, 0.1) is 0 Å². The minimum absolute atomic E-state index is 0.137. The van der Waals surface area contributed by atoms with E-state index in [1.165, 1.54) is 21.9 Å². The lowest BCUT2D eigenvalue weighted by Gasteiger charge is -2.27. The Bertz CT molecular complexity index is 1060. The summed E-state index contributed by atoms with van der Waals surface area (Å²) in [5, 5.41) is 11.2. The van der Waals surface area contributed by atoms with E-state index < -0.39 is 0 Å². The maximum Gasteiger partial charge on any atom is 0.277 e. The molecule has 2 aromatic heterocycles. The molecule has 1 amide bonds. The molecule has 1 aliphatic heterocycles. The van der Waals surface area contributed by atoms with E-state index in [9.17, 15) is 9.59 Å². The highest BCUT2D eigenvalue weighted by Crippen LogP contribution is 2.27. The number of piperazine rings is 1. The Morgan fingerprint density at radius 3 is 2.89 bits per heavy atom. The first kappa shape index (κ1) is 18.5. The van der Waals surface area contributed by atoms with Crippen LogP contribution < -0.4 is 26.8 Å². The largest absolute Gasteiger partial charge is 0.354 e. The number of carbonyl (C=O) groups is 1. The van der Waals surface area contributed by atoms with Gasteiger partial charge < -0.3 is 21.3 Å². The van der Waals surface area contributed by atoms with Gasteiger partial charge in [-0.25, -0.2) is 4.98 Å². The molecule has 4 rings (SSSR count). The highest BCUT2D eigenvalue weighted by atomic mass is 32.1. The van der Waals surface area contributed by atoms with Crippen molar-refractivity contribution < 1.29 is 4.79 Å². The number of benzene rings is 1. The van der Waals surface area contributed by atoms with Crippen molar-refractivity contribution in [2.24, 2.45) is 5.73 Å². The van der Waals surface area contributed by atoms with Gasteiger partial charge in [-0.3, -0.25) is 9.59 Å². The monoisotopic (exact) mass is 399 g/mol. The van der Waals surface area contributed by atoms with Crippen molar-refractivity contribution >= 4 is 33.7 Å². The number of nitrogens with zero attached hydrogens (tertiary/aromatic N) is 4. The van der Waals surface area contributed by atoms with Crippen LogP contribution in [0.2, 0.25) is 0 Å². The Morgan fingerprint density at radius 1 is 1.29 bits per heavy atom. The molecule has 0 aliphatic carbocycles. The first-order valence-electron chi connectivity index (χ1n) is 9.11. The Balaban J connectivity index is 1.65. The molecule has 10 heteroatoms. The molecule has 146 valence electrons. The van der Waals surface area contributed by atoms with Crippen LogP contribution in [0.25, 0.3) is 15.5 Å². The van der Waals surface area contributed by atoms with Gasteiger partial charge in [0.2, 0.25) is 10.9 Å². The molecule has 1 aliphatic rings. The molecule has 0 bridgehead atoms. The number of hydrogen-bond donors (Lipinski definition) is 3. The fourth-order valence-corrected chi connectivity index (χ4v) is 3.95. The van der Waals surface area contributed by atoms with E-state index >= 15 is 0 Å². The third-order valence-corrected chi connectivity index (χ3v) is 5.39. The lowest BCUT2D eigenvalue weighted by atomic mass is 10.2. The van der Waals surface area contributed by atoms with Gasteiger partial charge in [0.15, 0.2) is 0 Å². The van der Waals surface area contributed by atoms with Crippen molar-refractivity contribution in [3.05, 3.63) is 40.7 Å². The van der Waals surface area contributed by atoms with Crippen LogP contribution in [0.4, 0.5) is 11.5 Å². The van der Waals surface area contributed by atoms with Crippen LogP contribution in [-0.4, -0.2) is 53.2 Å². The fraction of sp³-hybridized carbons (Fsp3) is 0.333. The summed E-state index contributed by atoms with van der Waals surface area (Å²) in [6.45, 7) is 3.68. The zero-order chi connectivity index (χ0) is 19.5. The smallest absolute Gasteiger partial charge is 0.277 e. The number of nitrogens with one attached hydrogen (secondary N) is 2. The van der Waals surface area contributed by atoms with Gasteiger partial charge >= 0.3 is 0 Å². The molecule has 9 nitrogen and oxygen atoms in total. The van der Waals surface area contributed by atoms with E-state index in [0.717, 1.165) is 31.7 Å². The summed E-state index contributed by atoms with van der Waals surface area (Å²) < 4.78 is 1.32. The first-order valence-corrected chi connectivity index (χ1v) is 9.92. The molecule has 1 aromatic carbocycles. The van der Waals surface area contributed by atoms with E-state index in [2.05, 4.69) is 25.6 Å². The molecule has 0 atom stereocenters. The quantitative estimate of drug-likeness (QED) is 0.572. The molecule has 3 aromatic rings. The Hall–Kier alpha value is -2.82. The molecule has 4 N–H and O–H groups in total. The van der Waals surface area contributed by atoms with Crippen LogP contribution >= 0.6 is 11.3 Å². The number of fused-ring (bicyclic) bond motifs is 1. The second kappa shape index (κ2) is 8.05. The topological polar surface area (TPSA) is 118 Å². The lowest BCUT2D eigenvalue weighted by molar-refractivity contribution is -0.116. The first-order chi connectivity index (χ1) is 13.6. The Labute approximate surface area is 165 Å². The standard InChI is InChI=1S/C18H21N7O2S/c19-5-4-15(26)21-13-3-1-2-12(10-13)17-23-25-16(27)11-14(22-18(25)28-17)24-8-6-20-7-9-24/h1-3,10-11,20H,4-9,19H2,(H,21,26). The molecule has 0 radical (unpaired) electrons. The van der Waals surface area contributed by atoms with Crippen LogP contribution in [0.1, 0.15) is 6.42 Å². The zero-order valence-electron chi connectivity index (χ0n) is 15.2. The predicted octanol–water partition coefficient (Wildman–Crippen LogP) is 0.515. The van der Waals surface area contributed by atoms with Crippen LogP contribution in [0.5, 0.6) is 0 Å². The average Bonchev–Trinajstić information content (AvgIpc) is 3.14. The number of anilines is 2. The van der Waals surface area contributed by atoms with Crippen LogP contribution in [0, 0.1) is 0 Å². The van der Waals surface area contributed by atoms with Gasteiger partial charge in [-0.1, -0.05) is 23.5 Å². The SMILES string of the molecule is NCCC(=O)Nc1cccc(-c2nn3c(=O)cc(N4CCNCC4)nc3s2)c1. The van der Waals surface area contributed by atoms with Crippen LogP contribution in [0.15, 0.2) is 35.1 Å². The van der Waals surface area contributed by atoms with Gasteiger partial charge in [0.25, 0.3) is 5.56 Å². The summed E-state index contributed by atoms with van der Waals surface area (Å²) >= 11 is 1.35.